The minimum atomic E-state index is -0.286. The molecule has 154 valence electrons. The molecular weight excluding hydrogens is 538 g/mol. The topological polar surface area (TPSA) is 50.7 Å². The number of carbonyl (C=O) groups excluding carboxylic acids is 1. The third-order valence-electron chi connectivity index (χ3n) is 3.83. The summed E-state index contributed by atoms with van der Waals surface area (Å²) in [5.41, 5.74) is 4.10. The van der Waals surface area contributed by atoms with Crippen molar-refractivity contribution < 1.29 is 13.9 Å². The van der Waals surface area contributed by atoms with Gasteiger partial charge in [-0.05, 0) is 88.3 Å². The van der Waals surface area contributed by atoms with Crippen molar-refractivity contribution in [2.24, 2.45) is 5.10 Å². The van der Waals surface area contributed by atoms with Gasteiger partial charge in [0.1, 0.15) is 18.2 Å². The Morgan fingerprint density at radius 2 is 1.97 bits per heavy atom. The Bertz CT molecular complexity index is 1050. The van der Waals surface area contributed by atoms with Crippen LogP contribution in [-0.4, -0.2) is 17.9 Å². The van der Waals surface area contributed by atoms with Gasteiger partial charge in [-0.25, -0.2) is 9.82 Å². The van der Waals surface area contributed by atoms with Gasteiger partial charge in [0.15, 0.2) is 0 Å². The first-order valence-corrected chi connectivity index (χ1v) is 11.3. The molecule has 0 aliphatic carbocycles. The van der Waals surface area contributed by atoms with E-state index >= 15 is 0 Å². The van der Waals surface area contributed by atoms with Crippen LogP contribution in [0.15, 0.2) is 76.7 Å². The summed E-state index contributed by atoms with van der Waals surface area (Å²) in [6.07, 6.45) is 1.57. The summed E-state index contributed by atoms with van der Waals surface area (Å²) in [5.74, 6) is 0.464. The number of halogens is 3. The highest BCUT2D eigenvalue weighted by molar-refractivity contribution is 14.1. The van der Waals surface area contributed by atoms with E-state index in [1.807, 2.05) is 36.4 Å². The second kappa shape index (κ2) is 11.3. The van der Waals surface area contributed by atoms with Crippen LogP contribution in [0.5, 0.6) is 5.75 Å². The third kappa shape index (κ3) is 7.30. The zero-order chi connectivity index (χ0) is 21.3. The highest BCUT2D eigenvalue weighted by Gasteiger charge is 2.04. The van der Waals surface area contributed by atoms with Crippen molar-refractivity contribution in [1.29, 1.82) is 0 Å². The molecule has 3 aromatic carbocycles. The number of nitrogens with one attached hydrogen (secondary N) is 1. The molecule has 0 atom stereocenters. The average Bonchev–Trinajstić information content (AvgIpc) is 2.73. The molecule has 4 nitrogen and oxygen atoms in total. The van der Waals surface area contributed by atoms with Gasteiger partial charge in [0.2, 0.25) is 5.91 Å². The van der Waals surface area contributed by atoms with E-state index in [0.717, 1.165) is 19.6 Å². The quantitative estimate of drug-likeness (QED) is 0.163. The predicted octanol–water partition coefficient (Wildman–Crippen LogP) is 5.91. The summed E-state index contributed by atoms with van der Waals surface area (Å²) in [7, 11) is 0. The summed E-state index contributed by atoms with van der Waals surface area (Å²) >= 11 is 9.41. The van der Waals surface area contributed by atoms with E-state index in [2.05, 4.69) is 33.1 Å². The van der Waals surface area contributed by atoms with Gasteiger partial charge >= 0.3 is 0 Å². The van der Waals surface area contributed by atoms with Crippen LogP contribution < -0.4 is 10.2 Å². The number of thioether (sulfide) groups is 1. The van der Waals surface area contributed by atoms with E-state index in [-0.39, 0.29) is 24.1 Å². The van der Waals surface area contributed by atoms with Crippen molar-refractivity contribution in [3.05, 3.63) is 92.3 Å². The zero-order valence-corrected chi connectivity index (χ0v) is 19.4. The van der Waals surface area contributed by atoms with Crippen molar-refractivity contribution in [3.8, 4) is 5.75 Å². The maximum absolute atomic E-state index is 13.2. The fourth-order valence-corrected chi connectivity index (χ4v) is 3.90. The van der Waals surface area contributed by atoms with Gasteiger partial charge in [-0.1, -0.05) is 23.7 Å². The summed E-state index contributed by atoms with van der Waals surface area (Å²) in [6, 6.07) is 19.2. The Morgan fingerprint density at radius 3 is 2.70 bits per heavy atom. The molecule has 0 heterocycles. The predicted molar refractivity (Wildman–Crippen MR) is 128 cm³/mol. The Morgan fingerprint density at radius 1 is 1.17 bits per heavy atom. The molecule has 0 aromatic heterocycles. The minimum absolute atomic E-state index is 0.198. The molecule has 0 saturated carbocycles. The SMILES string of the molecule is O=C(CSc1ccc(Cl)cc1)N/N=C\c1ccc(OCc2cccc(F)c2)c(I)c1. The van der Waals surface area contributed by atoms with Crippen LogP contribution in [0.4, 0.5) is 4.39 Å². The number of carbonyl (C=O) groups is 1. The van der Waals surface area contributed by atoms with Crippen molar-refractivity contribution in [2.45, 2.75) is 11.5 Å². The summed E-state index contributed by atoms with van der Waals surface area (Å²) < 4.78 is 19.9. The molecular formula is C22H17ClFIN2O2S. The van der Waals surface area contributed by atoms with Crippen molar-refractivity contribution in [3.63, 3.8) is 0 Å². The van der Waals surface area contributed by atoms with Gasteiger partial charge in [-0.2, -0.15) is 5.10 Å². The lowest BCUT2D eigenvalue weighted by Gasteiger charge is -2.09. The molecule has 0 radical (unpaired) electrons. The lowest BCUT2D eigenvalue weighted by atomic mass is 10.2. The third-order valence-corrected chi connectivity index (χ3v) is 5.93. The Kier molecular flexibility index (Phi) is 8.53. The summed E-state index contributed by atoms with van der Waals surface area (Å²) in [5, 5.41) is 4.66. The maximum Gasteiger partial charge on any atom is 0.250 e. The van der Waals surface area contributed by atoms with Gasteiger partial charge in [0, 0.05) is 9.92 Å². The molecule has 1 amide bonds. The first-order valence-electron chi connectivity index (χ1n) is 8.87. The Balaban J connectivity index is 1.47. The molecule has 3 aromatic rings. The molecule has 0 fully saturated rings. The number of hydrazone groups is 1. The molecule has 0 saturated heterocycles. The number of hydrogen-bond donors (Lipinski definition) is 1. The fourth-order valence-electron chi connectivity index (χ4n) is 2.39. The normalized spacial score (nSPS) is 10.9. The van der Waals surface area contributed by atoms with E-state index in [1.54, 1.807) is 24.4 Å². The minimum Gasteiger partial charge on any atom is -0.488 e. The molecule has 0 aliphatic heterocycles. The van der Waals surface area contributed by atoms with Crippen LogP contribution >= 0.6 is 46.0 Å². The van der Waals surface area contributed by atoms with Gasteiger partial charge in [-0.3, -0.25) is 4.79 Å². The molecule has 3 rings (SSSR count). The number of rotatable bonds is 8. The van der Waals surface area contributed by atoms with Crippen molar-refractivity contribution >= 4 is 58.1 Å². The lowest BCUT2D eigenvalue weighted by Crippen LogP contribution is -2.19. The molecule has 0 aliphatic rings. The first kappa shape index (κ1) is 22.6. The lowest BCUT2D eigenvalue weighted by molar-refractivity contribution is -0.118. The van der Waals surface area contributed by atoms with Gasteiger partial charge < -0.3 is 4.74 Å². The number of amides is 1. The zero-order valence-electron chi connectivity index (χ0n) is 15.6. The summed E-state index contributed by atoms with van der Waals surface area (Å²) in [6.45, 7) is 0.280. The van der Waals surface area contributed by atoms with Crippen LogP contribution in [0.25, 0.3) is 0 Å². The van der Waals surface area contributed by atoms with Crippen LogP contribution in [0.3, 0.4) is 0 Å². The highest BCUT2D eigenvalue weighted by Crippen LogP contribution is 2.23. The second-order valence-corrected chi connectivity index (χ2v) is 8.79. The van der Waals surface area contributed by atoms with Crippen molar-refractivity contribution in [1.82, 2.24) is 5.43 Å². The van der Waals surface area contributed by atoms with E-state index in [9.17, 15) is 9.18 Å². The number of ether oxygens (including phenoxy) is 1. The van der Waals surface area contributed by atoms with Crippen LogP contribution in [-0.2, 0) is 11.4 Å². The Hall–Kier alpha value is -2.10. The van der Waals surface area contributed by atoms with Crippen LogP contribution in [0.1, 0.15) is 11.1 Å². The van der Waals surface area contributed by atoms with E-state index in [1.165, 1.54) is 23.9 Å². The Labute approximate surface area is 197 Å². The van der Waals surface area contributed by atoms with Gasteiger partial charge in [0.05, 0.1) is 15.5 Å². The monoisotopic (exact) mass is 554 g/mol. The molecule has 1 N–H and O–H groups in total. The van der Waals surface area contributed by atoms with Gasteiger partial charge in [-0.15, -0.1) is 11.8 Å². The number of hydrogen-bond acceptors (Lipinski definition) is 4. The molecule has 30 heavy (non-hydrogen) atoms. The van der Waals surface area contributed by atoms with E-state index in [0.29, 0.717) is 10.8 Å². The molecule has 0 bridgehead atoms. The van der Waals surface area contributed by atoms with Gasteiger partial charge in [0.25, 0.3) is 0 Å². The first-order chi connectivity index (χ1) is 14.5. The van der Waals surface area contributed by atoms with Crippen LogP contribution in [0.2, 0.25) is 5.02 Å². The second-order valence-electron chi connectivity index (χ2n) is 6.14. The number of nitrogens with zero attached hydrogens (tertiary/aromatic N) is 1. The molecule has 8 heteroatoms. The smallest absolute Gasteiger partial charge is 0.250 e. The summed E-state index contributed by atoms with van der Waals surface area (Å²) in [4.78, 5) is 12.9. The molecule has 0 spiro atoms. The standard InChI is InChI=1S/C22H17ClFIN2O2S/c23-17-5-7-19(8-6-17)30-14-22(28)27-26-12-15-4-9-21(20(25)11-15)29-13-16-2-1-3-18(24)10-16/h1-12H,13-14H2,(H,27,28)/b26-12-. The highest BCUT2D eigenvalue weighted by atomic mass is 127. The fraction of sp³-hybridized carbons (Fsp3) is 0.0909. The molecule has 0 unspecified atom stereocenters. The number of benzene rings is 3. The average molecular weight is 555 g/mol. The van der Waals surface area contributed by atoms with E-state index < -0.39 is 0 Å². The van der Waals surface area contributed by atoms with Crippen molar-refractivity contribution in [2.75, 3.05) is 5.75 Å². The maximum atomic E-state index is 13.2. The van der Waals surface area contributed by atoms with E-state index in [4.69, 9.17) is 16.3 Å². The largest absolute Gasteiger partial charge is 0.488 e. The van der Waals surface area contributed by atoms with Crippen LogP contribution in [0, 0.1) is 9.39 Å².